The molecule has 1 aromatic carbocycles. The highest BCUT2D eigenvalue weighted by Crippen LogP contribution is 2.22. The van der Waals surface area contributed by atoms with Gasteiger partial charge in [0.1, 0.15) is 5.82 Å². The van der Waals surface area contributed by atoms with E-state index < -0.39 is 5.82 Å². The van der Waals surface area contributed by atoms with Gasteiger partial charge in [-0.1, -0.05) is 0 Å². The molecule has 2 rings (SSSR count). The molecule has 0 radical (unpaired) electrons. The van der Waals surface area contributed by atoms with Crippen LogP contribution in [-0.2, 0) is 9.53 Å². The summed E-state index contributed by atoms with van der Waals surface area (Å²) in [5.74, 6) is -1.45. The van der Waals surface area contributed by atoms with Gasteiger partial charge in [-0.2, -0.15) is 0 Å². The monoisotopic (exact) mass is 294 g/mol. The van der Waals surface area contributed by atoms with Crippen LogP contribution < -0.4 is 5.73 Å². The molecule has 0 saturated carbocycles. The number of nitrogens with zero attached hydrogens (tertiary/aromatic N) is 1. The number of carbonyl (C=O) groups excluding carboxylic acids is 2. The van der Waals surface area contributed by atoms with Gasteiger partial charge in [0, 0.05) is 29.9 Å². The van der Waals surface area contributed by atoms with E-state index in [0.717, 1.165) is 6.42 Å². The van der Waals surface area contributed by atoms with Gasteiger partial charge in [-0.15, -0.1) is 0 Å². The fraction of sp³-hybridized carbons (Fsp3) is 0.467. The second-order valence-electron chi connectivity index (χ2n) is 5.29. The Balaban J connectivity index is 2.18. The van der Waals surface area contributed by atoms with Crippen molar-refractivity contribution in [2.75, 3.05) is 25.9 Å². The Labute approximate surface area is 122 Å². The Morgan fingerprint density at radius 2 is 2.14 bits per heavy atom. The van der Waals surface area contributed by atoms with Crippen LogP contribution in [0.25, 0.3) is 0 Å². The first-order valence-electron chi connectivity index (χ1n) is 6.86. The van der Waals surface area contributed by atoms with Crippen LogP contribution in [0.5, 0.6) is 0 Å². The Morgan fingerprint density at radius 3 is 2.76 bits per heavy atom. The van der Waals surface area contributed by atoms with Crippen LogP contribution in [-0.4, -0.2) is 37.0 Å². The van der Waals surface area contributed by atoms with Crippen LogP contribution in [0.3, 0.4) is 0 Å². The van der Waals surface area contributed by atoms with Gasteiger partial charge in [-0.05, 0) is 31.9 Å². The second-order valence-corrected chi connectivity index (χ2v) is 5.29. The maximum atomic E-state index is 13.7. The maximum absolute atomic E-state index is 13.7. The minimum absolute atomic E-state index is 0.209. The summed E-state index contributed by atoms with van der Waals surface area (Å²) in [5.41, 5.74) is 6.49. The SMILES string of the molecule is COC(=O)C1CCCN(C(=O)c2cc(N)c(C)c(F)c2)C1. The average Bonchev–Trinajstić information content (AvgIpc) is 2.50. The van der Waals surface area contributed by atoms with Crippen LogP contribution in [0.4, 0.5) is 10.1 Å². The van der Waals surface area contributed by atoms with E-state index in [1.165, 1.54) is 19.2 Å². The Bertz CT molecular complexity index is 551. The van der Waals surface area contributed by atoms with Gasteiger partial charge >= 0.3 is 5.97 Å². The number of methoxy groups -OCH3 is 1. The normalized spacial score (nSPS) is 18.4. The number of rotatable bonds is 2. The maximum Gasteiger partial charge on any atom is 0.310 e. The number of anilines is 1. The Hall–Kier alpha value is -2.11. The van der Waals surface area contributed by atoms with Crippen LogP contribution in [0.2, 0.25) is 0 Å². The van der Waals surface area contributed by atoms with Crippen LogP contribution in [0, 0.1) is 18.7 Å². The number of likely N-dealkylation sites (tertiary alicyclic amines) is 1. The van der Waals surface area contributed by atoms with E-state index in [-0.39, 0.29) is 29.0 Å². The standard InChI is InChI=1S/C15H19FN2O3/c1-9-12(16)6-11(7-13(9)17)14(19)18-5-3-4-10(8-18)15(20)21-2/h6-7,10H,3-5,8,17H2,1-2H3. The fourth-order valence-electron chi connectivity index (χ4n) is 2.53. The molecule has 1 aromatic rings. The molecule has 0 aliphatic carbocycles. The molecule has 0 bridgehead atoms. The third kappa shape index (κ3) is 3.15. The Morgan fingerprint density at radius 1 is 1.43 bits per heavy atom. The second kappa shape index (κ2) is 6.11. The highest BCUT2D eigenvalue weighted by atomic mass is 19.1. The molecular formula is C15H19FN2O3. The van der Waals surface area contributed by atoms with Crippen molar-refractivity contribution in [2.24, 2.45) is 5.92 Å². The van der Waals surface area contributed by atoms with Crippen molar-refractivity contribution in [2.45, 2.75) is 19.8 Å². The molecule has 5 nitrogen and oxygen atoms in total. The van der Waals surface area contributed by atoms with E-state index in [4.69, 9.17) is 10.5 Å². The number of piperidine rings is 1. The number of esters is 1. The van der Waals surface area contributed by atoms with E-state index in [1.54, 1.807) is 11.8 Å². The lowest BCUT2D eigenvalue weighted by Crippen LogP contribution is -2.42. The molecule has 0 aromatic heterocycles. The lowest BCUT2D eigenvalue weighted by Gasteiger charge is -2.31. The van der Waals surface area contributed by atoms with Gasteiger partial charge in [0.2, 0.25) is 0 Å². The highest BCUT2D eigenvalue weighted by molar-refractivity contribution is 5.95. The molecule has 21 heavy (non-hydrogen) atoms. The van der Waals surface area contributed by atoms with Gasteiger partial charge in [0.05, 0.1) is 13.0 Å². The molecule has 1 heterocycles. The van der Waals surface area contributed by atoms with E-state index in [0.29, 0.717) is 25.1 Å². The largest absolute Gasteiger partial charge is 0.469 e. The van der Waals surface area contributed by atoms with E-state index in [9.17, 15) is 14.0 Å². The third-order valence-corrected chi connectivity index (χ3v) is 3.87. The number of amides is 1. The van der Waals surface area contributed by atoms with Crippen molar-refractivity contribution >= 4 is 17.6 Å². The fourth-order valence-corrected chi connectivity index (χ4v) is 2.53. The topological polar surface area (TPSA) is 72.6 Å². The summed E-state index contributed by atoms with van der Waals surface area (Å²) >= 11 is 0. The summed E-state index contributed by atoms with van der Waals surface area (Å²) in [6.07, 6.45) is 1.41. The molecule has 1 aliphatic heterocycles. The molecule has 114 valence electrons. The van der Waals surface area contributed by atoms with Crippen molar-refractivity contribution in [3.8, 4) is 0 Å². The first kappa shape index (κ1) is 15.3. The minimum atomic E-state index is -0.500. The summed E-state index contributed by atoms with van der Waals surface area (Å²) in [6, 6.07) is 2.66. The number of halogens is 1. The number of hydrogen-bond acceptors (Lipinski definition) is 4. The number of ether oxygens (including phenoxy) is 1. The lowest BCUT2D eigenvalue weighted by atomic mass is 9.97. The van der Waals surface area contributed by atoms with Crippen LogP contribution in [0.15, 0.2) is 12.1 Å². The van der Waals surface area contributed by atoms with Crippen molar-refractivity contribution in [3.05, 3.63) is 29.1 Å². The summed E-state index contributed by atoms with van der Waals surface area (Å²) in [7, 11) is 1.33. The summed E-state index contributed by atoms with van der Waals surface area (Å²) in [5, 5.41) is 0. The molecule has 2 N–H and O–H groups in total. The number of nitrogen functional groups attached to an aromatic ring is 1. The highest BCUT2D eigenvalue weighted by Gasteiger charge is 2.29. The van der Waals surface area contributed by atoms with Crippen molar-refractivity contribution in [1.82, 2.24) is 4.90 Å². The van der Waals surface area contributed by atoms with Crippen molar-refractivity contribution in [3.63, 3.8) is 0 Å². The van der Waals surface area contributed by atoms with Gasteiger partial charge in [-0.3, -0.25) is 9.59 Å². The number of hydrogen-bond donors (Lipinski definition) is 1. The number of benzene rings is 1. The van der Waals surface area contributed by atoms with Crippen molar-refractivity contribution < 1.29 is 18.7 Å². The first-order valence-corrected chi connectivity index (χ1v) is 6.86. The minimum Gasteiger partial charge on any atom is -0.469 e. The molecule has 6 heteroatoms. The van der Waals surface area contributed by atoms with E-state index in [1.807, 2.05) is 0 Å². The molecular weight excluding hydrogens is 275 g/mol. The zero-order chi connectivity index (χ0) is 15.6. The van der Waals surface area contributed by atoms with Gasteiger partial charge in [0.25, 0.3) is 5.91 Å². The van der Waals surface area contributed by atoms with Crippen LogP contribution >= 0.6 is 0 Å². The van der Waals surface area contributed by atoms with Crippen LogP contribution in [0.1, 0.15) is 28.8 Å². The smallest absolute Gasteiger partial charge is 0.310 e. The van der Waals surface area contributed by atoms with E-state index in [2.05, 4.69) is 0 Å². The predicted molar refractivity (Wildman–Crippen MR) is 76.2 cm³/mol. The molecule has 1 amide bonds. The quantitative estimate of drug-likeness (QED) is 0.666. The Kier molecular flexibility index (Phi) is 4.45. The molecule has 1 unspecified atom stereocenters. The summed E-state index contributed by atoms with van der Waals surface area (Å²) < 4.78 is 18.4. The summed E-state index contributed by atoms with van der Waals surface area (Å²) in [6.45, 7) is 2.40. The third-order valence-electron chi connectivity index (χ3n) is 3.87. The molecule has 0 spiro atoms. The molecule has 1 atom stereocenters. The number of carbonyl (C=O) groups is 2. The van der Waals surface area contributed by atoms with Gasteiger partial charge in [0.15, 0.2) is 0 Å². The van der Waals surface area contributed by atoms with E-state index >= 15 is 0 Å². The van der Waals surface area contributed by atoms with Crippen molar-refractivity contribution in [1.29, 1.82) is 0 Å². The first-order chi connectivity index (χ1) is 9.93. The predicted octanol–water partition coefficient (Wildman–Crippen LogP) is 1.74. The zero-order valence-corrected chi connectivity index (χ0v) is 12.2. The number of nitrogens with two attached hydrogens (primary N) is 1. The molecule has 1 aliphatic rings. The summed E-state index contributed by atoms with van der Waals surface area (Å²) in [4.78, 5) is 25.6. The zero-order valence-electron chi connectivity index (χ0n) is 12.2. The molecule has 1 fully saturated rings. The van der Waals surface area contributed by atoms with Gasteiger partial charge < -0.3 is 15.4 Å². The molecule has 1 saturated heterocycles. The lowest BCUT2D eigenvalue weighted by molar-refractivity contribution is -0.146. The average molecular weight is 294 g/mol. The van der Waals surface area contributed by atoms with Gasteiger partial charge in [-0.25, -0.2) is 4.39 Å².